The number of rotatable bonds is 1. The summed E-state index contributed by atoms with van der Waals surface area (Å²) in [5, 5.41) is 1.02. The van der Waals surface area contributed by atoms with Crippen molar-refractivity contribution in [2.24, 2.45) is 0 Å². The monoisotopic (exact) mass is 316 g/mol. The first kappa shape index (κ1) is 12.9. The maximum Gasteiger partial charge on any atom is 0.292 e. The van der Waals surface area contributed by atoms with E-state index in [0.717, 1.165) is 27.6 Å². The van der Waals surface area contributed by atoms with Crippen LogP contribution in [-0.4, -0.2) is 19.5 Å². The Morgan fingerprint density at radius 2 is 1.88 bits per heavy atom. The number of nitrogens with two attached hydrogens (primary N) is 2. The quantitative estimate of drug-likeness (QED) is 0.492. The summed E-state index contributed by atoms with van der Waals surface area (Å²) in [6.07, 6.45) is 1.48. The molecule has 2 aromatic carbocycles. The van der Waals surface area contributed by atoms with Gasteiger partial charge in [0.1, 0.15) is 22.9 Å². The highest BCUT2D eigenvalue weighted by Gasteiger charge is 2.16. The lowest BCUT2D eigenvalue weighted by molar-refractivity contribution is 0.626. The van der Waals surface area contributed by atoms with Gasteiger partial charge in [-0.05, 0) is 24.3 Å². The van der Waals surface area contributed by atoms with Gasteiger partial charge in [-0.2, -0.15) is 4.98 Å². The zero-order valence-corrected chi connectivity index (χ0v) is 12.5. The van der Waals surface area contributed by atoms with Crippen LogP contribution in [-0.2, 0) is 0 Å². The number of nitrogens with zero attached hydrogens (tertiary/aromatic N) is 4. The fourth-order valence-electron chi connectivity index (χ4n) is 3.14. The smallest absolute Gasteiger partial charge is 0.292 e. The number of anilines is 2. The molecule has 0 aliphatic rings. The number of aromatic nitrogens is 4. The molecule has 24 heavy (non-hydrogen) atoms. The van der Waals surface area contributed by atoms with Crippen LogP contribution in [0.2, 0.25) is 0 Å². The van der Waals surface area contributed by atoms with Gasteiger partial charge in [-0.1, -0.05) is 18.2 Å². The molecule has 3 aromatic heterocycles. The van der Waals surface area contributed by atoms with Crippen LogP contribution in [0.15, 0.2) is 53.2 Å². The number of hydrogen-bond donors (Lipinski definition) is 2. The second-order valence-electron chi connectivity index (χ2n) is 5.51. The average Bonchev–Trinajstić information content (AvgIpc) is 3.12. The highest BCUT2D eigenvalue weighted by atomic mass is 16.4. The van der Waals surface area contributed by atoms with Crippen molar-refractivity contribution >= 4 is 44.9 Å². The van der Waals surface area contributed by atoms with Gasteiger partial charge in [0.2, 0.25) is 0 Å². The summed E-state index contributed by atoms with van der Waals surface area (Å²) in [6.45, 7) is 0. The third kappa shape index (κ3) is 1.63. The third-order valence-corrected chi connectivity index (χ3v) is 4.12. The number of hydrogen-bond acceptors (Lipinski definition) is 6. The van der Waals surface area contributed by atoms with Crippen LogP contribution in [0.3, 0.4) is 0 Å². The second-order valence-corrected chi connectivity index (χ2v) is 5.51. The van der Waals surface area contributed by atoms with E-state index in [2.05, 4.69) is 15.0 Å². The van der Waals surface area contributed by atoms with Crippen molar-refractivity contribution in [3.8, 4) is 5.69 Å². The highest BCUT2D eigenvalue weighted by molar-refractivity contribution is 6.10. The molecule has 0 bridgehead atoms. The Labute approximate surface area is 135 Å². The highest BCUT2D eigenvalue weighted by Crippen LogP contribution is 2.33. The SMILES string of the molecule is Nc1nc2cc(-n3c4ccccc4c4ncnc(N)c43)ccc2o1. The fraction of sp³-hybridized carbons (Fsp3) is 0. The first-order chi connectivity index (χ1) is 11.7. The molecule has 7 nitrogen and oxygen atoms in total. The molecule has 0 spiro atoms. The summed E-state index contributed by atoms with van der Waals surface area (Å²) in [5.74, 6) is 0.427. The van der Waals surface area contributed by atoms with Crippen LogP contribution in [0.25, 0.3) is 38.7 Å². The third-order valence-electron chi connectivity index (χ3n) is 4.12. The van der Waals surface area contributed by atoms with Crippen LogP contribution in [0.5, 0.6) is 0 Å². The predicted molar refractivity (Wildman–Crippen MR) is 92.8 cm³/mol. The Kier molecular flexibility index (Phi) is 2.39. The summed E-state index contributed by atoms with van der Waals surface area (Å²) >= 11 is 0. The van der Waals surface area contributed by atoms with Crippen LogP contribution >= 0.6 is 0 Å². The van der Waals surface area contributed by atoms with Crippen molar-refractivity contribution in [1.82, 2.24) is 19.5 Å². The van der Waals surface area contributed by atoms with E-state index in [4.69, 9.17) is 15.9 Å². The minimum Gasteiger partial charge on any atom is -0.424 e. The van der Waals surface area contributed by atoms with Crippen molar-refractivity contribution in [2.45, 2.75) is 0 Å². The molecule has 5 rings (SSSR count). The topological polar surface area (TPSA) is 109 Å². The minimum absolute atomic E-state index is 0.146. The van der Waals surface area contributed by atoms with Crippen molar-refractivity contribution in [3.05, 3.63) is 48.8 Å². The second kappa shape index (κ2) is 4.45. The summed E-state index contributed by atoms with van der Waals surface area (Å²) in [4.78, 5) is 12.8. The molecular formula is C17H12N6O. The molecule has 0 atom stereocenters. The Morgan fingerprint density at radius 3 is 2.79 bits per heavy atom. The number of fused-ring (bicyclic) bond motifs is 4. The molecule has 0 saturated carbocycles. The largest absolute Gasteiger partial charge is 0.424 e. The Morgan fingerprint density at radius 1 is 1.00 bits per heavy atom. The van der Waals surface area contributed by atoms with Crippen molar-refractivity contribution in [2.75, 3.05) is 11.5 Å². The zero-order chi connectivity index (χ0) is 16.3. The van der Waals surface area contributed by atoms with Gasteiger partial charge in [0.05, 0.1) is 5.52 Å². The van der Waals surface area contributed by atoms with Gasteiger partial charge in [0, 0.05) is 11.1 Å². The summed E-state index contributed by atoms with van der Waals surface area (Å²) in [5.41, 5.74) is 16.6. The molecule has 116 valence electrons. The molecule has 0 unspecified atom stereocenters. The van der Waals surface area contributed by atoms with Crippen molar-refractivity contribution in [3.63, 3.8) is 0 Å². The first-order valence-corrected chi connectivity index (χ1v) is 7.38. The Balaban J connectivity index is 1.95. The van der Waals surface area contributed by atoms with Gasteiger partial charge < -0.3 is 20.5 Å². The van der Waals surface area contributed by atoms with Crippen molar-refractivity contribution in [1.29, 1.82) is 0 Å². The molecule has 0 fully saturated rings. The summed E-state index contributed by atoms with van der Waals surface area (Å²) in [6, 6.07) is 13.8. The fourth-order valence-corrected chi connectivity index (χ4v) is 3.14. The van der Waals surface area contributed by atoms with Crippen LogP contribution in [0, 0.1) is 0 Å². The molecular weight excluding hydrogens is 304 g/mol. The number of oxazole rings is 1. The van der Waals surface area contributed by atoms with Gasteiger partial charge in [0.25, 0.3) is 6.01 Å². The van der Waals surface area contributed by atoms with Gasteiger partial charge in [0.15, 0.2) is 11.4 Å². The first-order valence-electron chi connectivity index (χ1n) is 7.38. The summed E-state index contributed by atoms with van der Waals surface area (Å²) in [7, 11) is 0. The van der Waals surface area contributed by atoms with Crippen LogP contribution < -0.4 is 11.5 Å². The van der Waals surface area contributed by atoms with E-state index in [9.17, 15) is 0 Å². The van der Waals surface area contributed by atoms with Gasteiger partial charge in [-0.15, -0.1) is 0 Å². The maximum atomic E-state index is 6.15. The number of benzene rings is 2. The molecule has 0 saturated heterocycles. The van der Waals surface area contributed by atoms with E-state index in [1.54, 1.807) is 0 Å². The lowest BCUT2D eigenvalue weighted by atomic mass is 10.2. The minimum atomic E-state index is 0.146. The van der Waals surface area contributed by atoms with Crippen LogP contribution in [0.4, 0.5) is 11.8 Å². The standard InChI is InChI=1S/C17H12N6O/c18-16-15-14(20-8-21-16)10-3-1-2-4-12(10)23(15)9-5-6-13-11(7-9)22-17(19)24-13/h1-8H,(H2,19,22)(H2,18,20,21). The number of para-hydroxylation sites is 1. The molecule has 0 radical (unpaired) electrons. The molecule has 0 aliphatic heterocycles. The maximum absolute atomic E-state index is 6.15. The van der Waals surface area contributed by atoms with Gasteiger partial charge in [-0.25, -0.2) is 9.97 Å². The van der Waals surface area contributed by atoms with E-state index >= 15 is 0 Å². The molecule has 5 aromatic rings. The lowest BCUT2D eigenvalue weighted by Gasteiger charge is -2.08. The Hall–Kier alpha value is -3.61. The number of nitrogen functional groups attached to an aromatic ring is 2. The van der Waals surface area contributed by atoms with Gasteiger partial charge in [-0.3, -0.25) is 0 Å². The Bertz CT molecular complexity index is 1240. The van der Waals surface area contributed by atoms with Crippen LogP contribution in [0.1, 0.15) is 0 Å². The van der Waals surface area contributed by atoms with E-state index in [0.29, 0.717) is 16.9 Å². The van der Waals surface area contributed by atoms with E-state index < -0.39 is 0 Å². The zero-order valence-electron chi connectivity index (χ0n) is 12.5. The van der Waals surface area contributed by atoms with E-state index in [-0.39, 0.29) is 6.01 Å². The molecule has 0 aliphatic carbocycles. The normalized spacial score (nSPS) is 11.7. The van der Waals surface area contributed by atoms with E-state index in [1.165, 1.54) is 6.33 Å². The predicted octanol–water partition coefficient (Wildman–Crippen LogP) is 2.88. The molecule has 3 heterocycles. The van der Waals surface area contributed by atoms with Gasteiger partial charge >= 0.3 is 0 Å². The molecule has 7 heteroatoms. The lowest BCUT2D eigenvalue weighted by Crippen LogP contribution is -1.99. The molecule has 0 amide bonds. The average molecular weight is 316 g/mol. The summed E-state index contributed by atoms with van der Waals surface area (Å²) < 4.78 is 7.38. The molecule has 4 N–H and O–H groups in total. The van der Waals surface area contributed by atoms with Crippen molar-refractivity contribution < 1.29 is 4.42 Å². The van der Waals surface area contributed by atoms with E-state index in [1.807, 2.05) is 47.0 Å².